The highest BCUT2D eigenvalue weighted by Gasteiger charge is 2.16. The molecule has 4 heteroatoms. The first-order valence-electron chi connectivity index (χ1n) is 6.24. The third-order valence-corrected chi connectivity index (χ3v) is 3.15. The number of carboxylic acid groups (broad SMARTS) is 1. The van der Waals surface area contributed by atoms with Crippen LogP contribution in [0.4, 0.5) is 4.39 Å². The molecule has 0 amide bonds. The Balaban J connectivity index is 2.02. The first-order chi connectivity index (χ1) is 9.15. The minimum Gasteiger partial charge on any atom is -0.481 e. The summed E-state index contributed by atoms with van der Waals surface area (Å²) in [6, 6.07) is 10.2. The van der Waals surface area contributed by atoms with E-state index in [4.69, 9.17) is 5.11 Å². The van der Waals surface area contributed by atoms with E-state index in [0.29, 0.717) is 12.8 Å². The monoisotopic (exact) mass is 261 g/mol. The summed E-state index contributed by atoms with van der Waals surface area (Å²) in [5.74, 6) is -1.15. The maximum absolute atomic E-state index is 13.1. The SMILES string of the molecule is O=C(O)CC(CCc1cccc(F)c1)c1ccc[nH]1. The number of aromatic amines is 1. The van der Waals surface area contributed by atoms with Crippen molar-refractivity contribution in [2.24, 2.45) is 0 Å². The van der Waals surface area contributed by atoms with Gasteiger partial charge in [-0.1, -0.05) is 12.1 Å². The molecule has 0 aliphatic heterocycles. The molecule has 0 aliphatic carbocycles. The topological polar surface area (TPSA) is 53.1 Å². The summed E-state index contributed by atoms with van der Waals surface area (Å²) < 4.78 is 13.1. The lowest BCUT2D eigenvalue weighted by molar-refractivity contribution is -0.137. The number of nitrogens with one attached hydrogen (secondary N) is 1. The van der Waals surface area contributed by atoms with Crippen LogP contribution in [-0.2, 0) is 11.2 Å². The summed E-state index contributed by atoms with van der Waals surface area (Å²) >= 11 is 0. The molecule has 1 aromatic heterocycles. The van der Waals surface area contributed by atoms with Gasteiger partial charge in [-0.05, 0) is 42.7 Å². The van der Waals surface area contributed by atoms with Gasteiger partial charge in [-0.2, -0.15) is 0 Å². The molecule has 0 saturated heterocycles. The fraction of sp³-hybridized carbons (Fsp3) is 0.267. The minimum absolute atomic E-state index is 0.0734. The van der Waals surface area contributed by atoms with Gasteiger partial charge in [-0.15, -0.1) is 0 Å². The lowest BCUT2D eigenvalue weighted by atomic mass is 9.93. The summed E-state index contributed by atoms with van der Waals surface area (Å²) in [6.45, 7) is 0. The summed E-state index contributed by atoms with van der Waals surface area (Å²) in [6.07, 6.45) is 3.20. The Morgan fingerprint density at radius 3 is 2.79 bits per heavy atom. The van der Waals surface area contributed by atoms with Crippen LogP contribution in [0.1, 0.15) is 30.0 Å². The molecule has 1 atom stereocenters. The molecule has 3 nitrogen and oxygen atoms in total. The fourth-order valence-electron chi connectivity index (χ4n) is 2.21. The van der Waals surface area contributed by atoms with Crippen LogP contribution in [0.15, 0.2) is 42.6 Å². The highest BCUT2D eigenvalue weighted by molar-refractivity contribution is 5.67. The number of H-pyrrole nitrogens is 1. The van der Waals surface area contributed by atoms with Gasteiger partial charge in [0.15, 0.2) is 0 Å². The molecule has 0 aliphatic rings. The number of hydrogen-bond acceptors (Lipinski definition) is 1. The lowest BCUT2D eigenvalue weighted by Crippen LogP contribution is -2.08. The zero-order valence-electron chi connectivity index (χ0n) is 10.5. The van der Waals surface area contributed by atoms with E-state index in [0.717, 1.165) is 11.3 Å². The van der Waals surface area contributed by atoms with Gasteiger partial charge in [0.05, 0.1) is 6.42 Å². The van der Waals surface area contributed by atoms with Gasteiger partial charge in [0.2, 0.25) is 0 Å². The number of aryl methyl sites for hydroxylation is 1. The van der Waals surface area contributed by atoms with Crippen molar-refractivity contribution < 1.29 is 14.3 Å². The van der Waals surface area contributed by atoms with Gasteiger partial charge in [-0.3, -0.25) is 4.79 Å². The molecule has 2 rings (SSSR count). The van der Waals surface area contributed by atoms with E-state index >= 15 is 0 Å². The average molecular weight is 261 g/mol. The molecule has 19 heavy (non-hydrogen) atoms. The quantitative estimate of drug-likeness (QED) is 0.837. The van der Waals surface area contributed by atoms with Crippen LogP contribution in [0.5, 0.6) is 0 Å². The standard InChI is InChI=1S/C15H16FNO2/c16-13-4-1-3-11(9-13)6-7-12(10-15(18)19)14-5-2-8-17-14/h1-5,8-9,12,17H,6-7,10H2,(H,18,19). The van der Waals surface area contributed by atoms with Crippen LogP contribution in [-0.4, -0.2) is 16.1 Å². The first kappa shape index (κ1) is 13.3. The third kappa shape index (κ3) is 3.95. The predicted molar refractivity (Wildman–Crippen MR) is 70.5 cm³/mol. The fourth-order valence-corrected chi connectivity index (χ4v) is 2.21. The molecule has 1 heterocycles. The molecular formula is C15H16FNO2. The molecule has 0 spiro atoms. The Morgan fingerprint density at radius 1 is 1.32 bits per heavy atom. The molecule has 2 N–H and O–H groups in total. The van der Waals surface area contributed by atoms with Gasteiger partial charge >= 0.3 is 5.97 Å². The van der Waals surface area contributed by atoms with Crippen molar-refractivity contribution in [3.05, 3.63) is 59.7 Å². The lowest BCUT2D eigenvalue weighted by Gasteiger charge is -2.13. The van der Waals surface area contributed by atoms with Crippen LogP contribution < -0.4 is 0 Å². The normalized spacial score (nSPS) is 12.3. The second kappa shape index (κ2) is 6.18. The smallest absolute Gasteiger partial charge is 0.304 e. The van der Waals surface area contributed by atoms with E-state index in [1.54, 1.807) is 12.3 Å². The molecule has 1 unspecified atom stereocenters. The number of aromatic nitrogens is 1. The third-order valence-electron chi connectivity index (χ3n) is 3.15. The Labute approximate surface area is 111 Å². The second-order valence-electron chi connectivity index (χ2n) is 4.59. The van der Waals surface area contributed by atoms with Crippen molar-refractivity contribution in [3.8, 4) is 0 Å². The molecule has 0 bridgehead atoms. The van der Waals surface area contributed by atoms with E-state index in [-0.39, 0.29) is 18.2 Å². The number of benzene rings is 1. The maximum atomic E-state index is 13.1. The largest absolute Gasteiger partial charge is 0.481 e. The molecule has 100 valence electrons. The minimum atomic E-state index is -0.821. The van der Waals surface area contributed by atoms with Crippen LogP contribution in [0.3, 0.4) is 0 Å². The summed E-state index contributed by atoms with van der Waals surface area (Å²) in [5, 5.41) is 8.95. The van der Waals surface area contributed by atoms with Crippen molar-refractivity contribution in [1.82, 2.24) is 4.98 Å². The van der Waals surface area contributed by atoms with Gasteiger partial charge in [0.1, 0.15) is 5.82 Å². The van der Waals surface area contributed by atoms with E-state index in [9.17, 15) is 9.18 Å². The maximum Gasteiger partial charge on any atom is 0.304 e. The number of hydrogen-bond donors (Lipinski definition) is 2. The second-order valence-corrected chi connectivity index (χ2v) is 4.59. The molecule has 2 aromatic rings. The molecule has 0 saturated carbocycles. The molecular weight excluding hydrogens is 245 g/mol. The zero-order valence-corrected chi connectivity index (χ0v) is 10.5. The summed E-state index contributed by atoms with van der Waals surface area (Å²) in [4.78, 5) is 13.9. The van der Waals surface area contributed by atoms with Gasteiger partial charge < -0.3 is 10.1 Å². The number of rotatable bonds is 6. The molecule has 1 aromatic carbocycles. The highest BCUT2D eigenvalue weighted by Crippen LogP contribution is 2.24. The average Bonchev–Trinajstić information content (AvgIpc) is 2.88. The van der Waals surface area contributed by atoms with Crippen molar-refractivity contribution in [2.75, 3.05) is 0 Å². The number of aliphatic carboxylic acids is 1. The summed E-state index contributed by atoms with van der Waals surface area (Å²) in [5.41, 5.74) is 1.81. The van der Waals surface area contributed by atoms with Crippen LogP contribution in [0.2, 0.25) is 0 Å². The molecule has 0 fully saturated rings. The van der Waals surface area contributed by atoms with E-state index < -0.39 is 5.97 Å². The Morgan fingerprint density at radius 2 is 2.16 bits per heavy atom. The van der Waals surface area contributed by atoms with Crippen molar-refractivity contribution in [3.63, 3.8) is 0 Å². The Bertz CT molecular complexity index is 537. The van der Waals surface area contributed by atoms with Gasteiger partial charge in [0, 0.05) is 17.8 Å². The van der Waals surface area contributed by atoms with E-state index in [1.807, 2.05) is 18.2 Å². The Kier molecular flexibility index (Phi) is 4.34. The van der Waals surface area contributed by atoms with Crippen LogP contribution in [0.25, 0.3) is 0 Å². The summed E-state index contributed by atoms with van der Waals surface area (Å²) in [7, 11) is 0. The van der Waals surface area contributed by atoms with Gasteiger partial charge in [-0.25, -0.2) is 4.39 Å². The van der Waals surface area contributed by atoms with Crippen LogP contribution in [0, 0.1) is 5.82 Å². The van der Waals surface area contributed by atoms with Crippen molar-refractivity contribution >= 4 is 5.97 Å². The number of carbonyl (C=O) groups is 1. The van der Waals surface area contributed by atoms with Gasteiger partial charge in [0.25, 0.3) is 0 Å². The van der Waals surface area contributed by atoms with Crippen molar-refractivity contribution in [1.29, 1.82) is 0 Å². The van der Waals surface area contributed by atoms with E-state index in [1.165, 1.54) is 12.1 Å². The highest BCUT2D eigenvalue weighted by atomic mass is 19.1. The van der Waals surface area contributed by atoms with Crippen molar-refractivity contribution in [2.45, 2.75) is 25.2 Å². The first-order valence-corrected chi connectivity index (χ1v) is 6.24. The predicted octanol–water partition coefficient (Wildman–Crippen LogP) is 3.34. The zero-order chi connectivity index (χ0) is 13.7. The molecule has 0 radical (unpaired) electrons. The Hall–Kier alpha value is -2.10. The van der Waals surface area contributed by atoms with E-state index in [2.05, 4.69) is 4.98 Å². The number of halogens is 1. The number of carboxylic acids is 1. The van der Waals surface area contributed by atoms with Crippen LogP contribution >= 0.6 is 0 Å².